The van der Waals surface area contributed by atoms with Gasteiger partial charge in [0.05, 0.1) is 15.7 Å². The third kappa shape index (κ3) is 4.64. The minimum atomic E-state index is 0.0681. The number of hydrazone groups is 1. The van der Waals surface area contributed by atoms with Crippen LogP contribution in [0.5, 0.6) is 11.5 Å². The third-order valence-electron chi connectivity index (χ3n) is 3.75. The minimum Gasteiger partial charge on any atom is -0.508 e. The molecular weight excluding hydrogens is 476 g/mol. The molecule has 0 bridgehead atoms. The zero-order valence-corrected chi connectivity index (χ0v) is 17.7. The van der Waals surface area contributed by atoms with Crippen LogP contribution in [0.1, 0.15) is 18.2 Å². The fourth-order valence-corrected chi connectivity index (χ4v) is 3.62. The first-order valence-electron chi connectivity index (χ1n) is 7.97. The van der Waals surface area contributed by atoms with Crippen molar-refractivity contribution >= 4 is 43.4 Å². The van der Waals surface area contributed by atoms with Gasteiger partial charge in [0.1, 0.15) is 11.5 Å². The van der Waals surface area contributed by atoms with Gasteiger partial charge in [-0.05, 0) is 71.7 Å². The first kappa shape index (κ1) is 19.3. The highest BCUT2D eigenvalue weighted by Gasteiger charge is 2.13. The maximum atomic E-state index is 10.3. The Labute approximate surface area is 173 Å². The van der Waals surface area contributed by atoms with Gasteiger partial charge in [-0.1, -0.05) is 15.9 Å². The monoisotopic (exact) mass is 490 g/mol. The van der Waals surface area contributed by atoms with E-state index in [1.165, 1.54) is 0 Å². The Kier molecular flexibility index (Phi) is 5.76. The van der Waals surface area contributed by atoms with Crippen molar-refractivity contribution < 1.29 is 10.2 Å². The second-order valence-electron chi connectivity index (χ2n) is 5.86. The lowest BCUT2D eigenvalue weighted by Gasteiger charge is -2.09. The number of rotatable bonds is 4. The van der Waals surface area contributed by atoms with Crippen LogP contribution >= 0.6 is 31.9 Å². The molecule has 3 aromatic rings. The normalized spacial score (nSPS) is 11.5. The van der Waals surface area contributed by atoms with Gasteiger partial charge in [0.15, 0.2) is 11.6 Å². The number of nitrogens with zero attached hydrogens (tertiary/aromatic N) is 3. The van der Waals surface area contributed by atoms with E-state index >= 15 is 0 Å². The molecule has 0 aliphatic heterocycles. The summed E-state index contributed by atoms with van der Waals surface area (Å²) in [5.74, 6) is 1.16. The number of aromatic nitrogens is 2. The van der Waals surface area contributed by atoms with Gasteiger partial charge in [-0.2, -0.15) is 5.10 Å². The van der Waals surface area contributed by atoms with Gasteiger partial charge in [0, 0.05) is 16.2 Å². The number of aromatic hydroxyl groups is 2. The van der Waals surface area contributed by atoms with E-state index in [0.717, 1.165) is 21.4 Å². The molecule has 8 heteroatoms. The van der Waals surface area contributed by atoms with Crippen LogP contribution in [0, 0.1) is 6.92 Å². The molecule has 0 aliphatic rings. The van der Waals surface area contributed by atoms with Crippen molar-refractivity contribution in [3.63, 3.8) is 0 Å². The Morgan fingerprint density at radius 1 is 1.04 bits per heavy atom. The summed E-state index contributed by atoms with van der Waals surface area (Å²) in [5, 5.41) is 24.0. The summed E-state index contributed by atoms with van der Waals surface area (Å²) in [6.07, 6.45) is 0. The van der Waals surface area contributed by atoms with Crippen molar-refractivity contribution in [2.45, 2.75) is 13.8 Å². The number of hydrogen-bond acceptors (Lipinski definition) is 6. The van der Waals surface area contributed by atoms with Crippen LogP contribution in [0.4, 0.5) is 5.82 Å². The van der Waals surface area contributed by atoms with Crippen LogP contribution in [-0.2, 0) is 0 Å². The highest BCUT2D eigenvalue weighted by molar-refractivity contribution is 9.11. The van der Waals surface area contributed by atoms with E-state index in [1.807, 2.05) is 13.8 Å². The molecule has 0 spiro atoms. The van der Waals surface area contributed by atoms with Crippen LogP contribution in [0.2, 0.25) is 0 Å². The molecule has 0 unspecified atom stereocenters. The molecule has 2 aromatic carbocycles. The summed E-state index contributed by atoms with van der Waals surface area (Å²) in [4.78, 5) is 8.87. The maximum absolute atomic E-state index is 10.3. The molecule has 27 heavy (non-hydrogen) atoms. The van der Waals surface area contributed by atoms with E-state index < -0.39 is 0 Å². The summed E-state index contributed by atoms with van der Waals surface area (Å²) in [6.45, 7) is 3.70. The summed E-state index contributed by atoms with van der Waals surface area (Å²) >= 11 is 6.73. The number of phenols is 2. The molecule has 138 valence electrons. The van der Waals surface area contributed by atoms with Crippen molar-refractivity contribution in [3.8, 4) is 22.9 Å². The third-order valence-corrected chi connectivity index (χ3v) is 4.81. The Hall–Kier alpha value is -2.45. The predicted octanol–water partition coefficient (Wildman–Crippen LogP) is 5.22. The number of benzene rings is 2. The van der Waals surface area contributed by atoms with Crippen molar-refractivity contribution in [3.05, 3.63) is 62.7 Å². The fraction of sp³-hybridized carbons (Fsp3) is 0.105. The molecule has 0 aliphatic carbocycles. The molecule has 0 radical (unpaired) electrons. The van der Waals surface area contributed by atoms with Gasteiger partial charge >= 0.3 is 0 Å². The fourth-order valence-electron chi connectivity index (χ4n) is 2.39. The zero-order chi connectivity index (χ0) is 19.6. The standard InChI is InChI=1S/C19H16Br2N4O2/c1-10-7-17(25-24-11(2)12-3-5-14(26)6-4-12)23-19(22-10)15-8-13(20)9-16(21)18(15)27/h3-9,26-27H,1-2H3,(H,22,23,25). The summed E-state index contributed by atoms with van der Waals surface area (Å²) in [5.41, 5.74) is 5.77. The number of phenolic OH excluding ortho intramolecular Hbond substituents is 2. The van der Waals surface area contributed by atoms with E-state index in [1.54, 1.807) is 42.5 Å². The highest BCUT2D eigenvalue weighted by atomic mass is 79.9. The lowest BCUT2D eigenvalue weighted by Crippen LogP contribution is -2.03. The largest absolute Gasteiger partial charge is 0.508 e. The number of aryl methyl sites for hydroxylation is 1. The SMILES string of the molecule is CC(=NNc1cc(C)nc(-c2cc(Br)cc(Br)c2O)n1)c1ccc(O)cc1. The average Bonchev–Trinajstić information content (AvgIpc) is 2.63. The van der Waals surface area contributed by atoms with E-state index in [2.05, 4.69) is 52.4 Å². The molecule has 1 heterocycles. The summed E-state index contributed by atoms with van der Waals surface area (Å²) in [7, 11) is 0. The molecular formula is C19H16Br2N4O2. The molecule has 3 N–H and O–H groups in total. The van der Waals surface area contributed by atoms with Gasteiger partial charge in [-0.3, -0.25) is 5.43 Å². The molecule has 0 saturated carbocycles. The van der Waals surface area contributed by atoms with Gasteiger partial charge < -0.3 is 10.2 Å². The lowest BCUT2D eigenvalue weighted by atomic mass is 10.1. The van der Waals surface area contributed by atoms with Crippen LogP contribution in [0.25, 0.3) is 11.4 Å². The van der Waals surface area contributed by atoms with E-state index in [9.17, 15) is 10.2 Å². The van der Waals surface area contributed by atoms with Crippen LogP contribution < -0.4 is 5.43 Å². The molecule has 1 aromatic heterocycles. The molecule has 0 saturated heterocycles. The number of halogens is 2. The summed E-state index contributed by atoms with van der Waals surface area (Å²) in [6, 6.07) is 12.0. The predicted molar refractivity (Wildman–Crippen MR) is 113 cm³/mol. The highest BCUT2D eigenvalue weighted by Crippen LogP contribution is 2.37. The summed E-state index contributed by atoms with van der Waals surface area (Å²) < 4.78 is 1.34. The topological polar surface area (TPSA) is 90.6 Å². The second-order valence-corrected chi connectivity index (χ2v) is 7.63. The molecule has 3 rings (SSSR count). The van der Waals surface area contributed by atoms with Gasteiger partial charge in [0.25, 0.3) is 0 Å². The Balaban J connectivity index is 1.92. The number of hydrogen-bond donors (Lipinski definition) is 3. The molecule has 0 fully saturated rings. The van der Waals surface area contributed by atoms with Crippen molar-refractivity contribution in [2.75, 3.05) is 5.43 Å². The quantitative estimate of drug-likeness (QED) is 0.343. The number of anilines is 1. The minimum absolute atomic E-state index is 0.0681. The van der Waals surface area contributed by atoms with Crippen molar-refractivity contribution in [1.82, 2.24) is 9.97 Å². The smallest absolute Gasteiger partial charge is 0.165 e. The second kappa shape index (κ2) is 8.06. The van der Waals surface area contributed by atoms with Crippen LogP contribution in [-0.4, -0.2) is 25.9 Å². The zero-order valence-electron chi connectivity index (χ0n) is 14.5. The van der Waals surface area contributed by atoms with Gasteiger partial charge in [-0.15, -0.1) is 0 Å². The number of nitrogens with one attached hydrogen (secondary N) is 1. The molecule has 0 amide bonds. The Morgan fingerprint density at radius 3 is 2.44 bits per heavy atom. The van der Waals surface area contributed by atoms with Gasteiger partial charge in [0.2, 0.25) is 0 Å². The van der Waals surface area contributed by atoms with Gasteiger partial charge in [-0.25, -0.2) is 9.97 Å². The van der Waals surface area contributed by atoms with E-state index in [0.29, 0.717) is 21.7 Å². The van der Waals surface area contributed by atoms with Crippen LogP contribution in [0.3, 0.4) is 0 Å². The van der Waals surface area contributed by atoms with Crippen LogP contribution in [0.15, 0.2) is 56.5 Å². The maximum Gasteiger partial charge on any atom is 0.165 e. The first-order valence-corrected chi connectivity index (χ1v) is 9.56. The first-order chi connectivity index (χ1) is 12.8. The van der Waals surface area contributed by atoms with E-state index in [-0.39, 0.29) is 11.5 Å². The van der Waals surface area contributed by atoms with Crippen molar-refractivity contribution in [1.29, 1.82) is 0 Å². The lowest BCUT2D eigenvalue weighted by molar-refractivity contribution is 0.473. The van der Waals surface area contributed by atoms with Crippen molar-refractivity contribution in [2.24, 2.45) is 5.10 Å². The Morgan fingerprint density at radius 2 is 1.74 bits per heavy atom. The molecule has 0 atom stereocenters. The molecule has 6 nitrogen and oxygen atoms in total. The Bertz CT molecular complexity index is 1020. The average molecular weight is 492 g/mol. The van der Waals surface area contributed by atoms with E-state index in [4.69, 9.17) is 0 Å².